The van der Waals surface area contributed by atoms with E-state index >= 15 is 0 Å². The van der Waals surface area contributed by atoms with Gasteiger partial charge in [0.2, 0.25) is 0 Å². The van der Waals surface area contributed by atoms with Crippen LogP contribution in [0.3, 0.4) is 0 Å². The van der Waals surface area contributed by atoms with Gasteiger partial charge in [0.25, 0.3) is 0 Å². The average Bonchev–Trinajstić information content (AvgIpc) is 2.52. The molecule has 132 valence electrons. The molecule has 0 radical (unpaired) electrons. The molecular formula is C20H23ClN2O2. The minimum Gasteiger partial charge on any atom is -0.443 e. The number of allylic oxidation sites excluding steroid dienone is 1. The van der Waals surface area contributed by atoms with Crippen LogP contribution >= 0.6 is 11.6 Å². The van der Waals surface area contributed by atoms with E-state index in [1.54, 1.807) is 11.1 Å². The number of fused-ring (bicyclic) bond motifs is 1. The van der Waals surface area contributed by atoms with E-state index in [9.17, 15) is 4.79 Å². The molecule has 0 aliphatic carbocycles. The van der Waals surface area contributed by atoms with Gasteiger partial charge in [-0.1, -0.05) is 36.7 Å². The van der Waals surface area contributed by atoms with Crippen LogP contribution in [0, 0.1) is 5.92 Å². The molecule has 0 saturated carbocycles. The fourth-order valence-electron chi connectivity index (χ4n) is 2.93. The monoisotopic (exact) mass is 358 g/mol. The van der Waals surface area contributed by atoms with E-state index in [1.807, 2.05) is 45.0 Å². The van der Waals surface area contributed by atoms with Crippen molar-refractivity contribution in [3.8, 4) is 0 Å². The van der Waals surface area contributed by atoms with Crippen LogP contribution in [0.1, 0.15) is 39.7 Å². The number of ether oxygens (including phenoxy) is 1. The van der Waals surface area contributed by atoms with Crippen LogP contribution in [0.4, 0.5) is 4.79 Å². The molecule has 1 atom stereocenters. The van der Waals surface area contributed by atoms with Gasteiger partial charge in [-0.15, -0.1) is 0 Å². The number of carbonyl (C=O) groups is 1. The molecule has 0 spiro atoms. The lowest BCUT2D eigenvalue weighted by atomic mass is 9.98. The van der Waals surface area contributed by atoms with Crippen molar-refractivity contribution in [2.45, 2.75) is 39.7 Å². The Morgan fingerprint density at radius 3 is 2.80 bits per heavy atom. The maximum atomic E-state index is 12.7. The summed E-state index contributed by atoms with van der Waals surface area (Å²) in [5.41, 5.74) is 2.17. The highest BCUT2D eigenvalue weighted by Gasteiger charge is 2.29. The molecule has 1 aromatic carbocycles. The largest absolute Gasteiger partial charge is 0.443 e. The second kappa shape index (κ2) is 6.68. The fourth-order valence-corrected chi connectivity index (χ4v) is 3.09. The van der Waals surface area contributed by atoms with E-state index in [0.717, 1.165) is 28.6 Å². The van der Waals surface area contributed by atoms with Crippen molar-refractivity contribution in [1.29, 1.82) is 0 Å². The Balaban J connectivity index is 1.97. The molecule has 2 heterocycles. The summed E-state index contributed by atoms with van der Waals surface area (Å²) in [4.78, 5) is 18.8. The van der Waals surface area contributed by atoms with Gasteiger partial charge in [-0.25, -0.2) is 4.79 Å². The van der Waals surface area contributed by atoms with Crippen LogP contribution in [0.15, 0.2) is 36.5 Å². The molecule has 0 N–H and O–H groups in total. The summed E-state index contributed by atoms with van der Waals surface area (Å²) in [5, 5.41) is 1.59. The highest BCUT2D eigenvalue weighted by molar-refractivity contribution is 6.31. The Morgan fingerprint density at radius 1 is 1.32 bits per heavy atom. The highest BCUT2D eigenvalue weighted by Crippen LogP contribution is 2.31. The number of halogens is 1. The Labute approximate surface area is 153 Å². The van der Waals surface area contributed by atoms with Crippen molar-refractivity contribution >= 4 is 34.3 Å². The summed E-state index contributed by atoms with van der Waals surface area (Å²) in [6.07, 6.45) is 4.36. The standard InChI is InChI=1S/C20H23ClN2O2/c1-13-5-8-18(23(12-13)19(24)25-20(2,3)4)15-7-6-14-9-16(21)11-22-17(14)10-15/h6-11,13H,5,12H2,1-4H3. The van der Waals surface area contributed by atoms with Gasteiger partial charge in [-0.3, -0.25) is 9.88 Å². The lowest BCUT2D eigenvalue weighted by Gasteiger charge is -2.34. The zero-order chi connectivity index (χ0) is 18.2. The molecule has 1 aliphatic rings. The van der Waals surface area contributed by atoms with Gasteiger partial charge < -0.3 is 4.74 Å². The van der Waals surface area contributed by atoms with Crippen molar-refractivity contribution in [1.82, 2.24) is 9.88 Å². The molecule has 25 heavy (non-hydrogen) atoms. The molecule has 1 aromatic heterocycles. The van der Waals surface area contributed by atoms with Crippen molar-refractivity contribution < 1.29 is 9.53 Å². The van der Waals surface area contributed by atoms with Crippen molar-refractivity contribution in [2.75, 3.05) is 6.54 Å². The van der Waals surface area contributed by atoms with Crippen LogP contribution in [0.2, 0.25) is 5.02 Å². The first-order valence-electron chi connectivity index (χ1n) is 8.49. The van der Waals surface area contributed by atoms with Gasteiger partial charge in [-0.05, 0) is 45.2 Å². The minimum absolute atomic E-state index is 0.311. The summed E-state index contributed by atoms with van der Waals surface area (Å²) in [6, 6.07) is 7.86. The molecule has 0 fully saturated rings. The van der Waals surface area contributed by atoms with Gasteiger partial charge in [0, 0.05) is 23.7 Å². The van der Waals surface area contributed by atoms with Crippen molar-refractivity contribution in [3.05, 3.63) is 47.1 Å². The zero-order valence-corrected chi connectivity index (χ0v) is 15.8. The summed E-state index contributed by atoms with van der Waals surface area (Å²) >= 11 is 6.01. The molecule has 4 nitrogen and oxygen atoms in total. The second-order valence-corrected chi connectivity index (χ2v) is 8.02. The van der Waals surface area contributed by atoms with Crippen LogP contribution < -0.4 is 0 Å². The molecule has 1 amide bonds. The minimum atomic E-state index is -0.523. The zero-order valence-electron chi connectivity index (χ0n) is 15.0. The third kappa shape index (κ3) is 4.13. The third-order valence-electron chi connectivity index (χ3n) is 4.06. The SMILES string of the molecule is CC1CC=C(c2ccc3cc(Cl)cnc3c2)N(C(=O)OC(C)(C)C)C1. The first-order chi connectivity index (χ1) is 11.7. The van der Waals surface area contributed by atoms with E-state index < -0.39 is 5.60 Å². The van der Waals surface area contributed by atoms with Gasteiger partial charge in [-0.2, -0.15) is 0 Å². The molecular weight excluding hydrogens is 336 g/mol. The number of amides is 1. The number of hydrogen-bond acceptors (Lipinski definition) is 3. The van der Waals surface area contributed by atoms with Crippen molar-refractivity contribution in [3.63, 3.8) is 0 Å². The second-order valence-electron chi connectivity index (χ2n) is 7.58. The Morgan fingerprint density at radius 2 is 2.08 bits per heavy atom. The third-order valence-corrected chi connectivity index (χ3v) is 4.27. The van der Waals surface area contributed by atoms with Crippen molar-refractivity contribution in [2.24, 2.45) is 5.92 Å². The lowest BCUT2D eigenvalue weighted by molar-refractivity contribution is 0.0327. The number of carbonyl (C=O) groups excluding carboxylic acids is 1. The number of rotatable bonds is 1. The van der Waals surface area contributed by atoms with Gasteiger partial charge >= 0.3 is 6.09 Å². The lowest BCUT2D eigenvalue weighted by Crippen LogP contribution is -2.39. The van der Waals surface area contributed by atoms with E-state index in [2.05, 4.69) is 18.0 Å². The molecule has 0 saturated heterocycles. The number of pyridine rings is 1. The average molecular weight is 359 g/mol. The van der Waals surface area contributed by atoms with Gasteiger partial charge in [0.1, 0.15) is 5.60 Å². The van der Waals surface area contributed by atoms with Crippen LogP contribution in [-0.4, -0.2) is 28.1 Å². The Hall–Kier alpha value is -2.07. The summed E-state index contributed by atoms with van der Waals surface area (Å²) in [7, 11) is 0. The molecule has 2 aromatic rings. The highest BCUT2D eigenvalue weighted by atomic mass is 35.5. The number of aromatic nitrogens is 1. The van der Waals surface area contributed by atoms with Crippen LogP contribution in [0.5, 0.6) is 0 Å². The van der Waals surface area contributed by atoms with E-state index in [0.29, 0.717) is 17.5 Å². The normalized spacial score (nSPS) is 18.2. The van der Waals surface area contributed by atoms with E-state index in [4.69, 9.17) is 16.3 Å². The summed E-state index contributed by atoms with van der Waals surface area (Å²) < 4.78 is 5.59. The maximum Gasteiger partial charge on any atom is 0.414 e. The maximum absolute atomic E-state index is 12.7. The number of nitrogens with zero attached hydrogens (tertiary/aromatic N) is 2. The predicted molar refractivity (Wildman–Crippen MR) is 101 cm³/mol. The smallest absolute Gasteiger partial charge is 0.414 e. The molecule has 1 unspecified atom stereocenters. The fraction of sp³-hybridized carbons (Fsp3) is 0.400. The van der Waals surface area contributed by atoms with Gasteiger partial charge in [0.05, 0.1) is 16.2 Å². The predicted octanol–water partition coefficient (Wildman–Crippen LogP) is 5.51. The topological polar surface area (TPSA) is 42.4 Å². The van der Waals surface area contributed by atoms with Crippen LogP contribution in [0.25, 0.3) is 16.6 Å². The van der Waals surface area contributed by atoms with Crippen LogP contribution in [-0.2, 0) is 4.74 Å². The number of benzene rings is 1. The molecule has 5 heteroatoms. The first-order valence-corrected chi connectivity index (χ1v) is 8.87. The Kier molecular flexibility index (Phi) is 4.74. The molecule has 3 rings (SSSR count). The summed E-state index contributed by atoms with van der Waals surface area (Å²) in [5.74, 6) is 0.397. The van der Waals surface area contributed by atoms with Gasteiger partial charge in [0.15, 0.2) is 0 Å². The molecule has 0 bridgehead atoms. The Bertz CT molecular complexity index is 839. The number of hydrogen-bond donors (Lipinski definition) is 0. The first kappa shape index (κ1) is 17.7. The van der Waals surface area contributed by atoms with E-state index in [1.165, 1.54) is 0 Å². The van der Waals surface area contributed by atoms with E-state index in [-0.39, 0.29) is 6.09 Å². The summed E-state index contributed by atoms with van der Waals surface area (Å²) in [6.45, 7) is 8.42. The molecule has 1 aliphatic heterocycles. The quantitative estimate of drug-likeness (QED) is 0.675.